The Morgan fingerprint density at radius 3 is 2.83 bits per heavy atom. The van der Waals surface area contributed by atoms with Crippen molar-refractivity contribution in [1.82, 2.24) is 9.55 Å². The van der Waals surface area contributed by atoms with Gasteiger partial charge in [-0.05, 0) is 43.0 Å². The molecule has 5 rings (SSSR count). The van der Waals surface area contributed by atoms with Crippen molar-refractivity contribution in [3.05, 3.63) is 58.6 Å². The monoisotopic (exact) mass is 302 g/mol. The predicted molar refractivity (Wildman–Crippen MR) is 91.6 cm³/mol. The lowest BCUT2D eigenvalue weighted by Gasteiger charge is -2.08. The second kappa shape index (κ2) is 4.31. The molecule has 1 aromatic carbocycles. The molecule has 3 heterocycles. The summed E-state index contributed by atoms with van der Waals surface area (Å²) in [6, 6.07) is 8.82. The molecule has 0 saturated heterocycles. The van der Waals surface area contributed by atoms with Gasteiger partial charge in [0, 0.05) is 11.1 Å². The summed E-state index contributed by atoms with van der Waals surface area (Å²) in [6.07, 6.45) is 5.30. The number of aromatic nitrogens is 3. The Kier molecular flexibility index (Phi) is 2.45. The van der Waals surface area contributed by atoms with Crippen LogP contribution in [0.5, 0.6) is 0 Å². The van der Waals surface area contributed by atoms with Crippen molar-refractivity contribution in [2.24, 2.45) is 7.05 Å². The Morgan fingerprint density at radius 2 is 2.00 bits per heavy atom. The molecule has 3 aromatic rings. The Bertz CT molecular complexity index is 1020. The number of imidazole rings is 1. The number of hydrogen-bond donors (Lipinski definition) is 0. The molecule has 23 heavy (non-hydrogen) atoms. The maximum absolute atomic E-state index is 4.88. The zero-order valence-corrected chi connectivity index (χ0v) is 13.8. The fourth-order valence-corrected chi connectivity index (χ4v) is 4.35. The minimum atomic E-state index is 0.937. The van der Waals surface area contributed by atoms with Crippen molar-refractivity contribution in [3.8, 4) is 5.69 Å². The van der Waals surface area contributed by atoms with Gasteiger partial charge >= 0.3 is 5.65 Å². The van der Waals surface area contributed by atoms with Crippen LogP contribution in [0.4, 0.5) is 0 Å². The first-order valence-corrected chi connectivity index (χ1v) is 8.39. The number of rotatable bonds is 1. The van der Waals surface area contributed by atoms with Gasteiger partial charge < -0.3 is 0 Å². The summed E-state index contributed by atoms with van der Waals surface area (Å²) in [7, 11) is 2.11. The van der Waals surface area contributed by atoms with Crippen LogP contribution >= 0.6 is 0 Å². The second-order valence-electron chi connectivity index (χ2n) is 6.73. The van der Waals surface area contributed by atoms with Crippen LogP contribution in [0.3, 0.4) is 0 Å². The molecule has 0 radical (unpaired) electrons. The highest BCUT2D eigenvalue weighted by atomic mass is 15.2. The maximum atomic E-state index is 4.88. The highest BCUT2D eigenvalue weighted by Gasteiger charge is 2.35. The smallest absolute Gasteiger partial charge is 0.235 e. The van der Waals surface area contributed by atoms with E-state index in [9.17, 15) is 0 Å². The minimum Gasteiger partial charge on any atom is -0.235 e. The highest BCUT2D eigenvalue weighted by molar-refractivity contribution is 5.85. The lowest BCUT2D eigenvalue weighted by atomic mass is 9.99. The van der Waals surface area contributed by atoms with Gasteiger partial charge in [0.15, 0.2) is 5.52 Å². The van der Waals surface area contributed by atoms with Crippen molar-refractivity contribution in [2.75, 3.05) is 0 Å². The summed E-state index contributed by atoms with van der Waals surface area (Å²) in [5, 5.41) is 0. The van der Waals surface area contributed by atoms with Crippen LogP contribution in [0.25, 0.3) is 22.4 Å². The van der Waals surface area contributed by atoms with Crippen molar-refractivity contribution in [1.29, 1.82) is 0 Å². The van der Waals surface area contributed by atoms with Gasteiger partial charge in [-0.25, -0.2) is 9.55 Å². The third kappa shape index (κ3) is 1.55. The molecule has 0 bridgehead atoms. The summed E-state index contributed by atoms with van der Waals surface area (Å²) in [6.45, 7) is 4.56. The van der Waals surface area contributed by atoms with Crippen molar-refractivity contribution in [2.45, 2.75) is 33.1 Å². The first kappa shape index (κ1) is 13.1. The first-order chi connectivity index (χ1) is 11.2. The van der Waals surface area contributed by atoms with Gasteiger partial charge in [0.2, 0.25) is 5.82 Å². The summed E-state index contributed by atoms with van der Waals surface area (Å²) < 4.78 is 4.58. The Labute approximate surface area is 135 Å². The molecule has 0 spiro atoms. The van der Waals surface area contributed by atoms with Crippen LogP contribution in [-0.4, -0.2) is 9.55 Å². The molecule has 0 amide bonds. The molecule has 1 aliphatic heterocycles. The standard InChI is InChI=1S/C20H20N3/c1-4-13-10-14-7-8-15-11-17-21-16-6-5-9-22(3)20(16)23(17)19(15)18(14)12(13)2/h5-9H,4,10-11H2,1-3H3/q+1. The van der Waals surface area contributed by atoms with Gasteiger partial charge in [-0.15, -0.1) is 0 Å². The number of aryl methyl sites for hydroxylation is 1. The van der Waals surface area contributed by atoms with E-state index >= 15 is 0 Å². The quantitative estimate of drug-likeness (QED) is 0.493. The van der Waals surface area contributed by atoms with Crippen LogP contribution in [-0.2, 0) is 19.9 Å². The molecule has 0 unspecified atom stereocenters. The third-order valence-corrected chi connectivity index (χ3v) is 5.50. The zero-order valence-electron chi connectivity index (χ0n) is 13.8. The van der Waals surface area contributed by atoms with E-state index in [1.165, 1.54) is 39.4 Å². The van der Waals surface area contributed by atoms with Gasteiger partial charge in [-0.3, -0.25) is 0 Å². The van der Waals surface area contributed by atoms with E-state index in [0.717, 1.165) is 24.8 Å². The second-order valence-corrected chi connectivity index (χ2v) is 6.73. The molecule has 2 aliphatic rings. The Hall–Kier alpha value is -2.42. The molecule has 0 saturated carbocycles. The van der Waals surface area contributed by atoms with Gasteiger partial charge in [-0.2, -0.15) is 4.57 Å². The number of allylic oxidation sites excluding steroid dienone is 2. The zero-order chi connectivity index (χ0) is 15.7. The fourth-order valence-electron chi connectivity index (χ4n) is 4.35. The molecule has 0 fully saturated rings. The van der Waals surface area contributed by atoms with E-state index in [0.29, 0.717) is 0 Å². The van der Waals surface area contributed by atoms with Crippen LogP contribution in [0.15, 0.2) is 36.0 Å². The van der Waals surface area contributed by atoms with Crippen LogP contribution < -0.4 is 4.57 Å². The average Bonchev–Trinajstić information content (AvgIpc) is 3.16. The summed E-state index contributed by atoms with van der Waals surface area (Å²) >= 11 is 0. The number of nitrogens with zero attached hydrogens (tertiary/aromatic N) is 3. The van der Waals surface area contributed by atoms with Crippen molar-refractivity contribution < 1.29 is 4.57 Å². The molecular weight excluding hydrogens is 282 g/mol. The number of benzene rings is 1. The largest absolute Gasteiger partial charge is 0.314 e. The Balaban J connectivity index is 1.90. The lowest BCUT2D eigenvalue weighted by molar-refractivity contribution is -0.647. The number of pyridine rings is 1. The summed E-state index contributed by atoms with van der Waals surface area (Å²) in [5.41, 5.74) is 11.1. The summed E-state index contributed by atoms with van der Waals surface area (Å²) in [5.74, 6) is 1.17. The van der Waals surface area contributed by atoms with E-state index in [1.54, 1.807) is 5.57 Å². The molecular formula is C20H20N3+. The average molecular weight is 302 g/mol. The van der Waals surface area contributed by atoms with E-state index in [4.69, 9.17) is 4.98 Å². The van der Waals surface area contributed by atoms with Gasteiger partial charge in [0.05, 0.1) is 19.7 Å². The van der Waals surface area contributed by atoms with Gasteiger partial charge in [0.25, 0.3) is 0 Å². The van der Waals surface area contributed by atoms with E-state index < -0.39 is 0 Å². The van der Waals surface area contributed by atoms with Crippen molar-refractivity contribution >= 4 is 16.7 Å². The molecule has 3 nitrogen and oxygen atoms in total. The predicted octanol–water partition coefficient (Wildman–Crippen LogP) is 3.49. The van der Waals surface area contributed by atoms with Crippen molar-refractivity contribution in [3.63, 3.8) is 0 Å². The fraction of sp³-hybridized carbons (Fsp3) is 0.300. The maximum Gasteiger partial charge on any atom is 0.314 e. The van der Waals surface area contributed by atoms with Gasteiger partial charge in [0.1, 0.15) is 5.69 Å². The van der Waals surface area contributed by atoms with Gasteiger partial charge in [-0.1, -0.05) is 24.6 Å². The molecule has 2 aromatic heterocycles. The third-order valence-electron chi connectivity index (χ3n) is 5.50. The molecule has 114 valence electrons. The van der Waals surface area contributed by atoms with Crippen LogP contribution in [0, 0.1) is 0 Å². The SMILES string of the molecule is CCC1=C(C)c2c(ccc3c2-n2c(nc4ccc[n+](C)c42)C3)C1. The van der Waals surface area contributed by atoms with E-state index in [1.807, 2.05) is 0 Å². The topological polar surface area (TPSA) is 21.7 Å². The lowest BCUT2D eigenvalue weighted by Crippen LogP contribution is -2.30. The number of hydrogen-bond acceptors (Lipinski definition) is 1. The van der Waals surface area contributed by atoms with Crippen LogP contribution in [0.1, 0.15) is 42.8 Å². The van der Waals surface area contributed by atoms with E-state index in [-0.39, 0.29) is 0 Å². The molecule has 3 heteroatoms. The first-order valence-electron chi connectivity index (χ1n) is 8.39. The summed E-state index contributed by atoms with van der Waals surface area (Å²) in [4.78, 5) is 4.88. The molecule has 0 atom stereocenters. The molecule has 1 aliphatic carbocycles. The van der Waals surface area contributed by atoms with E-state index in [2.05, 4.69) is 60.5 Å². The number of fused-ring (bicyclic) bond motifs is 7. The van der Waals surface area contributed by atoms with Crippen LogP contribution in [0.2, 0.25) is 0 Å². The Morgan fingerprint density at radius 1 is 1.17 bits per heavy atom. The minimum absolute atomic E-state index is 0.937. The highest BCUT2D eigenvalue weighted by Crippen LogP contribution is 2.43. The molecule has 0 N–H and O–H groups in total. The normalized spacial score (nSPS) is 15.3.